The fraction of sp³-hybridized carbons (Fsp3) is 1.00. The normalized spacial score (nSPS) is 15.9. The Hall–Kier alpha value is 0.0649. The van der Waals surface area contributed by atoms with Crippen molar-refractivity contribution < 1.29 is 0 Å². The Morgan fingerprint density at radius 3 is 2.25 bits per heavy atom. The van der Waals surface area contributed by atoms with Crippen LogP contribution in [0.2, 0.25) is 6.32 Å². The average Bonchev–Trinajstić information content (AvgIpc) is 2.10. The molecule has 0 saturated heterocycles. The number of hydrogen-bond acceptors (Lipinski definition) is 0. The van der Waals surface area contributed by atoms with E-state index in [-0.39, 0.29) is 0 Å². The molecule has 70 valence electrons. The highest BCUT2D eigenvalue weighted by Crippen LogP contribution is 2.25. The van der Waals surface area contributed by atoms with E-state index in [9.17, 15) is 0 Å². The van der Waals surface area contributed by atoms with E-state index in [1.54, 1.807) is 0 Å². The van der Waals surface area contributed by atoms with E-state index >= 15 is 0 Å². The molecule has 0 aromatic heterocycles. The molecule has 2 radical (unpaired) electrons. The third-order valence-electron chi connectivity index (χ3n) is 2.85. The molecule has 0 aliphatic rings. The highest BCUT2D eigenvalue weighted by Gasteiger charge is 2.13. The van der Waals surface area contributed by atoms with Gasteiger partial charge in [0.05, 0.1) is 7.85 Å². The van der Waals surface area contributed by atoms with Crippen LogP contribution in [0.25, 0.3) is 0 Å². The topological polar surface area (TPSA) is 0 Å². The molecule has 2 atom stereocenters. The van der Waals surface area contributed by atoms with E-state index in [2.05, 4.69) is 20.8 Å². The molecule has 0 aromatic carbocycles. The van der Waals surface area contributed by atoms with Crippen LogP contribution in [0.15, 0.2) is 0 Å². The van der Waals surface area contributed by atoms with Gasteiger partial charge >= 0.3 is 0 Å². The van der Waals surface area contributed by atoms with Crippen molar-refractivity contribution in [2.45, 2.75) is 59.2 Å². The molecule has 0 heterocycles. The first-order valence-corrected chi connectivity index (χ1v) is 5.46. The molecule has 0 N–H and O–H groups in total. The quantitative estimate of drug-likeness (QED) is 0.504. The van der Waals surface area contributed by atoms with E-state index < -0.39 is 0 Å². The third-order valence-corrected chi connectivity index (χ3v) is 2.85. The van der Waals surface area contributed by atoms with Crippen LogP contribution in [0.4, 0.5) is 0 Å². The summed E-state index contributed by atoms with van der Waals surface area (Å²) in [5, 5.41) is 0. The van der Waals surface area contributed by atoms with Crippen molar-refractivity contribution in [2.75, 3.05) is 0 Å². The van der Waals surface area contributed by atoms with Crippen molar-refractivity contribution in [2.24, 2.45) is 11.8 Å². The monoisotopic (exact) mass is 166 g/mol. The molecule has 0 amide bonds. The fourth-order valence-electron chi connectivity index (χ4n) is 1.94. The van der Waals surface area contributed by atoms with Gasteiger partial charge in [0.15, 0.2) is 0 Å². The van der Waals surface area contributed by atoms with Gasteiger partial charge < -0.3 is 0 Å². The number of rotatable bonds is 7. The van der Waals surface area contributed by atoms with Gasteiger partial charge in [0.25, 0.3) is 0 Å². The lowest BCUT2D eigenvalue weighted by atomic mass is 9.83. The lowest BCUT2D eigenvalue weighted by Crippen LogP contribution is -2.10. The van der Waals surface area contributed by atoms with Crippen LogP contribution in [0, 0.1) is 11.8 Å². The minimum atomic E-state index is 0.854. The van der Waals surface area contributed by atoms with Crippen molar-refractivity contribution in [3.8, 4) is 0 Å². The third kappa shape index (κ3) is 4.85. The second-order valence-electron chi connectivity index (χ2n) is 3.87. The van der Waals surface area contributed by atoms with Gasteiger partial charge in [0.2, 0.25) is 0 Å². The van der Waals surface area contributed by atoms with E-state index in [1.807, 2.05) is 0 Å². The molecule has 0 rings (SSSR count). The van der Waals surface area contributed by atoms with Crippen LogP contribution in [0.3, 0.4) is 0 Å². The Labute approximate surface area is 79.5 Å². The summed E-state index contributed by atoms with van der Waals surface area (Å²) in [7, 11) is 5.49. The summed E-state index contributed by atoms with van der Waals surface area (Å²) < 4.78 is 0. The molecule has 0 fully saturated rings. The average molecular weight is 166 g/mol. The van der Waals surface area contributed by atoms with Crippen LogP contribution >= 0.6 is 0 Å². The second kappa shape index (κ2) is 7.70. The maximum absolute atomic E-state index is 5.49. The number of hydrogen-bond donors (Lipinski definition) is 0. The first-order valence-electron chi connectivity index (χ1n) is 5.46. The summed E-state index contributed by atoms with van der Waals surface area (Å²) >= 11 is 0. The lowest BCUT2D eigenvalue weighted by Gasteiger charge is -2.21. The molecule has 1 heteroatoms. The summed E-state index contributed by atoms with van der Waals surface area (Å²) in [6, 6.07) is 0. The molecule has 0 nitrogen and oxygen atoms in total. The standard InChI is InChI=1S/C11H23B/c1-4-7-11(5-2)10(3)8-6-9-12/h10-11H,4-9H2,1-3H3. The Balaban J connectivity index is 3.60. The Kier molecular flexibility index (Phi) is 7.74. The summed E-state index contributed by atoms with van der Waals surface area (Å²) in [6.45, 7) is 6.96. The van der Waals surface area contributed by atoms with Gasteiger partial charge in [-0.25, -0.2) is 0 Å². The molecular weight excluding hydrogens is 143 g/mol. The van der Waals surface area contributed by atoms with Crippen molar-refractivity contribution in [1.29, 1.82) is 0 Å². The predicted octanol–water partition coefficient (Wildman–Crippen LogP) is 3.82. The zero-order valence-corrected chi connectivity index (χ0v) is 8.97. The van der Waals surface area contributed by atoms with Crippen LogP contribution in [-0.2, 0) is 0 Å². The Morgan fingerprint density at radius 1 is 1.17 bits per heavy atom. The molecule has 2 unspecified atom stereocenters. The molecule has 0 spiro atoms. The van der Waals surface area contributed by atoms with Crippen molar-refractivity contribution in [3.05, 3.63) is 0 Å². The van der Waals surface area contributed by atoms with Gasteiger partial charge in [-0.05, 0) is 11.8 Å². The zero-order chi connectivity index (χ0) is 9.40. The zero-order valence-electron chi connectivity index (χ0n) is 8.97. The summed E-state index contributed by atoms with van der Waals surface area (Å²) in [4.78, 5) is 0. The first-order chi connectivity index (χ1) is 5.76. The van der Waals surface area contributed by atoms with Crippen molar-refractivity contribution in [1.82, 2.24) is 0 Å². The SMILES string of the molecule is [B]CCCC(C)C(CC)CCC. The van der Waals surface area contributed by atoms with Crippen LogP contribution in [-0.4, -0.2) is 7.85 Å². The smallest absolute Gasteiger partial charge is 0.0653 e. The van der Waals surface area contributed by atoms with Crippen molar-refractivity contribution >= 4 is 7.85 Å². The van der Waals surface area contributed by atoms with Crippen LogP contribution < -0.4 is 0 Å². The van der Waals surface area contributed by atoms with Crippen LogP contribution in [0.1, 0.15) is 52.9 Å². The van der Waals surface area contributed by atoms with Gasteiger partial charge in [0.1, 0.15) is 0 Å². The minimum Gasteiger partial charge on any atom is -0.0887 e. The van der Waals surface area contributed by atoms with Crippen LogP contribution in [0.5, 0.6) is 0 Å². The second-order valence-corrected chi connectivity index (χ2v) is 3.87. The molecule has 12 heavy (non-hydrogen) atoms. The largest absolute Gasteiger partial charge is 0.0887 e. The molecule has 0 aliphatic carbocycles. The van der Waals surface area contributed by atoms with Crippen molar-refractivity contribution in [3.63, 3.8) is 0 Å². The van der Waals surface area contributed by atoms with Gasteiger partial charge in [-0.2, -0.15) is 0 Å². The lowest BCUT2D eigenvalue weighted by molar-refractivity contribution is 0.304. The van der Waals surface area contributed by atoms with Gasteiger partial charge in [-0.1, -0.05) is 59.2 Å². The van der Waals surface area contributed by atoms with E-state index in [4.69, 9.17) is 7.85 Å². The summed E-state index contributed by atoms with van der Waals surface area (Å²) in [5.74, 6) is 1.81. The maximum Gasteiger partial charge on any atom is 0.0653 e. The maximum atomic E-state index is 5.49. The molecule has 0 bridgehead atoms. The van der Waals surface area contributed by atoms with E-state index in [0.717, 1.165) is 18.2 Å². The van der Waals surface area contributed by atoms with Gasteiger partial charge in [-0.15, -0.1) is 0 Å². The highest BCUT2D eigenvalue weighted by atomic mass is 14.2. The predicted molar refractivity (Wildman–Crippen MR) is 57.6 cm³/mol. The minimum absolute atomic E-state index is 0.854. The van der Waals surface area contributed by atoms with E-state index in [0.29, 0.717) is 0 Å². The molecule has 0 saturated carbocycles. The molecule has 0 aliphatic heterocycles. The van der Waals surface area contributed by atoms with Gasteiger partial charge in [0, 0.05) is 0 Å². The van der Waals surface area contributed by atoms with Gasteiger partial charge in [-0.3, -0.25) is 0 Å². The molecule has 0 aromatic rings. The fourth-order valence-corrected chi connectivity index (χ4v) is 1.94. The molecular formula is C11H23B. The first kappa shape index (κ1) is 12.1. The van der Waals surface area contributed by atoms with E-state index in [1.165, 1.54) is 32.1 Å². The Bertz CT molecular complexity index is 91.0. The summed E-state index contributed by atoms with van der Waals surface area (Å²) in [6.07, 6.45) is 7.41. The Morgan fingerprint density at radius 2 is 1.83 bits per heavy atom. The highest BCUT2D eigenvalue weighted by molar-refractivity contribution is 6.08. The summed E-state index contributed by atoms with van der Waals surface area (Å²) in [5.41, 5.74) is 0.